The van der Waals surface area contributed by atoms with Crippen LogP contribution in [0, 0.1) is 23.3 Å². The summed E-state index contributed by atoms with van der Waals surface area (Å²) in [5.74, 6) is -4.52. The molecule has 0 aliphatic carbocycles. The maximum atomic E-state index is 13.2. The van der Waals surface area contributed by atoms with Crippen molar-refractivity contribution in [3.05, 3.63) is 114 Å². The number of aromatic nitrogens is 1. The van der Waals surface area contributed by atoms with Gasteiger partial charge in [0.15, 0.2) is 29.9 Å². The number of piperidine rings is 1. The Morgan fingerprint density at radius 1 is 0.864 bits per heavy atom. The Bertz CT molecular complexity index is 1550. The number of alkyl halides is 3. The Kier molecular flexibility index (Phi) is 10.5. The SMILES string of the molecule is O=C(COc1ccc(F)c(F)c1)NC1CCN(Cc2ccn(-c3ccc(C(F)(F)F)cc3)c2)CC1.Oc1ccc(F)c(F)c1. The van der Waals surface area contributed by atoms with Crippen molar-refractivity contribution in [1.82, 2.24) is 14.8 Å². The second kappa shape index (κ2) is 14.3. The van der Waals surface area contributed by atoms with Crippen molar-refractivity contribution in [3.8, 4) is 17.2 Å². The molecule has 13 heteroatoms. The molecule has 2 N–H and O–H groups in total. The Hall–Kier alpha value is -4.52. The van der Waals surface area contributed by atoms with Crippen LogP contribution in [0.1, 0.15) is 24.0 Å². The summed E-state index contributed by atoms with van der Waals surface area (Å²) in [6, 6.07) is 12.7. The van der Waals surface area contributed by atoms with Crippen LogP contribution in [0.4, 0.5) is 30.7 Å². The number of aromatic hydroxyl groups is 1. The van der Waals surface area contributed by atoms with Gasteiger partial charge in [-0.2, -0.15) is 13.2 Å². The number of nitrogens with zero attached hydrogens (tertiary/aromatic N) is 2. The van der Waals surface area contributed by atoms with Crippen LogP contribution in [-0.4, -0.2) is 46.2 Å². The summed E-state index contributed by atoms with van der Waals surface area (Å²) in [5, 5.41) is 11.4. The molecule has 1 aromatic heterocycles. The first-order valence-corrected chi connectivity index (χ1v) is 13.5. The van der Waals surface area contributed by atoms with E-state index in [9.17, 15) is 35.5 Å². The molecule has 234 valence electrons. The van der Waals surface area contributed by atoms with E-state index in [0.29, 0.717) is 12.2 Å². The number of nitrogens with one attached hydrogen (secondary N) is 1. The second-order valence-electron chi connectivity index (χ2n) is 10.1. The molecule has 0 spiro atoms. The smallest absolute Gasteiger partial charge is 0.416 e. The van der Waals surface area contributed by atoms with Crippen molar-refractivity contribution < 1.29 is 45.4 Å². The molecule has 3 aromatic carbocycles. The first-order valence-electron chi connectivity index (χ1n) is 13.5. The summed E-state index contributed by atoms with van der Waals surface area (Å²) in [6.07, 6.45) is 0.845. The first kappa shape index (κ1) is 32.4. The standard InChI is InChI=1S/C25H24F5N3O2.C6H4F2O/c26-22-6-5-21(13-23(22)27)35-16-24(34)31-19-8-10-32(11-9-19)14-17-7-12-33(15-17)20-3-1-18(2-4-20)25(28,29)30;7-5-2-1-4(9)3-6(5)8/h1-7,12-13,15,19H,8-11,14,16H2,(H,31,34);1-3,9H. The largest absolute Gasteiger partial charge is 0.508 e. The summed E-state index contributed by atoms with van der Waals surface area (Å²) in [4.78, 5) is 14.4. The quantitative estimate of drug-likeness (QED) is 0.228. The van der Waals surface area contributed by atoms with Crippen molar-refractivity contribution >= 4 is 5.91 Å². The highest BCUT2D eigenvalue weighted by molar-refractivity contribution is 5.77. The number of phenolic OH excluding ortho intramolecular Hbond substituents is 1. The number of hydrogen-bond donors (Lipinski definition) is 2. The van der Waals surface area contributed by atoms with Gasteiger partial charge in [0.2, 0.25) is 0 Å². The number of ether oxygens (including phenoxy) is 1. The highest BCUT2D eigenvalue weighted by Crippen LogP contribution is 2.29. The van der Waals surface area contributed by atoms with Crippen LogP contribution in [0.15, 0.2) is 79.1 Å². The Labute approximate surface area is 248 Å². The lowest BCUT2D eigenvalue weighted by Gasteiger charge is -2.32. The summed E-state index contributed by atoms with van der Waals surface area (Å²) >= 11 is 0. The van der Waals surface area contributed by atoms with E-state index in [4.69, 9.17) is 9.84 Å². The molecule has 1 fully saturated rings. The van der Waals surface area contributed by atoms with E-state index in [0.717, 1.165) is 74.0 Å². The van der Waals surface area contributed by atoms with E-state index < -0.39 is 35.0 Å². The van der Waals surface area contributed by atoms with Crippen LogP contribution in [-0.2, 0) is 17.5 Å². The maximum Gasteiger partial charge on any atom is 0.416 e. The fourth-order valence-corrected chi connectivity index (χ4v) is 4.48. The van der Waals surface area contributed by atoms with Gasteiger partial charge in [0.05, 0.1) is 5.56 Å². The first-order chi connectivity index (χ1) is 20.9. The molecular formula is C31H28F7N3O3. The number of amides is 1. The van der Waals surface area contributed by atoms with Crippen molar-refractivity contribution in [3.63, 3.8) is 0 Å². The lowest BCUT2D eigenvalue weighted by Crippen LogP contribution is -2.45. The molecule has 1 saturated heterocycles. The maximum absolute atomic E-state index is 13.2. The van der Waals surface area contributed by atoms with Crippen LogP contribution in [0.2, 0.25) is 0 Å². The van der Waals surface area contributed by atoms with Crippen molar-refractivity contribution in [2.24, 2.45) is 0 Å². The van der Waals surface area contributed by atoms with Gasteiger partial charge in [-0.25, -0.2) is 17.6 Å². The van der Waals surface area contributed by atoms with Gasteiger partial charge in [-0.3, -0.25) is 9.69 Å². The normalized spacial score (nSPS) is 14.1. The molecule has 0 radical (unpaired) electrons. The molecule has 5 rings (SSSR count). The van der Waals surface area contributed by atoms with Crippen LogP contribution >= 0.6 is 0 Å². The third-order valence-corrected chi connectivity index (χ3v) is 6.77. The number of carbonyl (C=O) groups is 1. The Morgan fingerprint density at radius 3 is 2.09 bits per heavy atom. The van der Waals surface area contributed by atoms with Gasteiger partial charge in [-0.15, -0.1) is 0 Å². The van der Waals surface area contributed by atoms with Gasteiger partial charge >= 0.3 is 6.18 Å². The predicted octanol–water partition coefficient (Wildman–Crippen LogP) is 6.60. The Morgan fingerprint density at radius 2 is 1.50 bits per heavy atom. The molecule has 0 bridgehead atoms. The zero-order valence-electron chi connectivity index (χ0n) is 23.1. The van der Waals surface area contributed by atoms with E-state index in [1.807, 2.05) is 18.5 Å². The van der Waals surface area contributed by atoms with E-state index >= 15 is 0 Å². The number of benzene rings is 3. The summed E-state index contributed by atoms with van der Waals surface area (Å²) in [7, 11) is 0. The summed E-state index contributed by atoms with van der Waals surface area (Å²) in [6.45, 7) is 1.93. The molecule has 0 saturated carbocycles. The molecule has 6 nitrogen and oxygen atoms in total. The van der Waals surface area contributed by atoms with Gasteiger partial charge < -0.3 is 19.7 Å². The van der Waals surface area contributed by atoms with E-state index in [1.165, 1.54) is 18.2 Å². The highest BCUT2D eigenvalue weighted by atomic mass is 19.4. The van der Waals surface area contributed by atoms with E-state index in [-0.39, 0.29) is 30.1 Å². The molecule has 0 atom stereocenters. The van der Waals surface area contributed by atoms with E-state index in [2.05, 4.69) is 10.2 Å². The minimum absolute atomic E-state index is 0.0101. The third-order valence-electron chi connectivity index (χ3n) is 6.77. The highest BCUT2D eigenvalue weighted by Gasteiger charge is 2.30. The molecule has 1 amide bonds. The molecular weight excluding hydrogens is 595 g/mol. The zero-order valence-corrected chi connectivity index (χ0v) is 23.1. The lowest BCUT2D eigenvalue weighted by atomic mass is 10.0. The van der Waals surface area contributed by atoms with Gasteiger partial charge in [0.25, 0.3) is 5.91 Å². The van der Waals surface area contributed by atoms with Crippen molar-refractivity contribution in [2.75, 3.05) is 19.7 Å². The number of carbonyl (C=O) groups excluding carboxylic acids is 1. The van der Waals surface area contributed by atoms with Crippen LogP contribution in [0.25, 0.3) is 5.69 Å². The summed E-state index contributed by atoms with van der Waals surface area (Å²) < 4.78 is 95.5. The van der Waals surface area contributed by atoms with E-state index in [1.54, 1.807) is 4.57 Å². The lowest BCUT2D eigenvalue weighted by molar-refractivity contribution is -0.137. The minimum Gasteiger partial charge on any atom is -0.508 e. The monoisotopic (exact) mass is 623 g/mol. The van der Waals surface area contributed by atoms with Gasteiger partial charge in [0.1, 0.15) is 11.5 Å². The number of phenols is 1. The molecule has 44 heavy (non-hydrogen) atoms. The molecule has 1 aliphatic rings. The number of rotatable bonds is 7. The van der Waals surface area contributed by atoms with Crippen LogP contribution in [0.5, 0.6) is 11.5 Å². The summed E-state index contributed by atoms with van der Waals surface area (Å²) in [5.41, 5.74) is 1.00. The fourth-order valence-electron chi connectivity index (χ4n) is 4.48. The van der Waals surface area contributed by atoms with Crippen LogP contribution in [0.3, 0.4) is 0 Å². The predicted molar refractivity (Wildman–Crippen MR) is 147 cm³/mol. The van der Waals surface area contributed by atoms with Gasteiger partial charge in [-0.05, 0) is 73.0 Å². The Balaban J connectivity index is 0.000000421. The van der Waals surface area contributed by atoms with Crippen LogP contribution < -0.4 is 10.1 Å². The molecule has 1 aliphatic heterocycles. The fraction of sp³-hybridized carbons (Fsp3) is 0.258. The zero-order chi connectivity index (χ0) is 31.9. The van der Waals surface area contributed by atoms with Gasteiger partial charge in [-0.1, -0.05) is 0 Å². The topological polar surface area (TPSA) is 66.7 Å². The minimum atomic E-state index is -4.36. The molecule has 4 aromatic rings. The average molecular weight is 624 g/mol. The average Bonchev–Trinajstić information content (AvgIpc) is 3.45. The van der Waals surface area contributed by atoms with Gasteiger partial charge in [0, 0.05) is 55.9 Å². The molecule has 0 unspecified atom stereocenters. The van der Waals surface area contributed by atoms with Crippen molar-refractivity contribution in [1.29, 1.82) is 0 Å². The number of halogens is 7. The number of likely N-dealkylation sites (tertiary alicyclic amines) is 1. The molecule has 2 heterocycles. The number of hydrogen-bond acceptors (Lipinski definition) is 4. The van der Waals surface area contributed by atoms with Crippen molar-refractivity contribution in [2.45, 2.75) is 31.6 Å². The second-order valence-corrected chi connectivity index (χ2v) is 10.1. The third kappa shape index (κ3) is 9.24.